The lowest BCUT2D eigenvalue weighted by Gasteiger charge is -2.11. The molecule has 9 heteroatoms. The Kier molecular flexibility index (Phi) is 5.46. The quantitative estimate of drug-likeness (QED) is 0.540. The van der Waals surface area contributed by atoms with Crippen LogP contribution in [0.3, 0.4) is 0 Å². The van der Waals surface area contributed by atoms with Crippen LogP contribution in [-0.2, 0) is 16.6 Å². The largest absolute Gasteiger partial charge is 0.310 e. The van der Waals surface area contributed by atoms with Crippen LogP contribution in [0.1, 0.15) is 36.5 Å². The normalized spacial score (nSPS) is 14.3. The molecule has 1 amide bonds. The van der Waals surface area contributed by atoms with E-state index in [1.807, 2.05) is 28.8 Å². The number of carbonyl (C=O) groups is 1. The second kappa shape index (κ2) is 7.89. The van der Waals surface area contributed by atoms with Gasteiger partial charge in [0.05, 0.1) is 21.5 Å². The molecule has 1 aliphatic carbocycles. The number of hydrogen-bond acceptors (Lipinski definition) is 4. The van der Waals surface area contributed by atoms with Gasteiger partial charge >= 0.3 is 0 Å². The molecule has 1 aliphatic rings. The fourth-order valence-corrected chi connectivity index (χ4v) is 4.88. The second-order valence-electron chi connectivity index (χ2n) is 7.07. The van der Waals surface area contributed by atoms with E-state index in [1.165, 1.54) is 12.1 Å². The molecule has 0 aliphatic heterocycles. The smallest absolute Gasteiger partial charge is 0.259 e. The fraction of sp³-hybridized carbons (Fsp3) is 0.300. The average molecular weight is 477 g/mol. The van der Waals surface area contributed by atoms with Crippen LogP contribution in [0.25, 0.3) is 11.0 Å². The van der Waals surface area contributed by atoms with E-state index in [-0.39, 0.29) is 16.5 Å². The van der Waals surface area contributed by atoms with Gasteiger partial charge in [0, 0.05) is 17.1 Å². The lowest BCUT2D eigenvalue weighted by Crippen LogP contribution is -2.26. The van der Waals surface area contributed by atoms with Gasteiger partial charge in [0.1, 0.15) is 0 Å². The van der Waals surface area contributed by atoms with Crippen molar-refractivity contribution in [3.05, 3.63) is 52.5 Å². The van der Waals surface area contributed by atoms with E-state index >= 15 is 0 Å². The minimum absolute atomic E-state index is 0.00475. The number of halogens is 1. The van der Waals surface area contributed by atoms with E-state index in [0.717, 1.165) is 30.3 Å². The summed E-state index contributed by atoms with van der Waals surface area (Å²) in [6, 6.07) is 12.1. The molecule has 1 fully saturated rings. The molecule has 2 aromatic carbocycles. The highest BCUT2D eigenvalue weighted by molar-refractivity contribution is 9.10. The summed E-state index contributed by atoms with van der Waals surface area (Å²) in [7, 11) is -3.65. The molecule has 4 rings (SSSR count). The predicted octanol–water partition coefficient (Wildman–Crippen LogP) is 3.90. The van der Waals surface area contributed by atoms with Crippen molar-refractivity contribution in [3.63, 3.8) is 0 Å². The summed E-state index contributed by atoms with van der Waals surface area (Å²) in [4.78, 5) is 17.6. The molecule has 2 N–H and O–H groups in total. The van der Waals surface area contributed by atoms with Gasteiger partial charge in [-0.1, -0.05) is 19.1 Å². The van der Waals surface area contributed by atoms with Crippen LogP contribution in [0.4, 0.5) is 5.95 Å². The molecule has 0 saturated heterocycles. The van der Waals surface area contributed by atoms with Crippen LogP contribution >= 0.6 is 15.9 Å². The van der Waals surface area contributed by atoms with Crippen LogP contribution in [-0.4, -0.2) is 29.9 Å². The van der Waals surface area contributed by atoms with Gasteiger partial charge in [-0.2, -0.15) is 0 Å². The van der Waals surface area contributed by atoms with Crippen molar-refractivity contribution in [2.45, 2.75) is 43.7 Å². The number of anilines is 1. The van der Waals surface area contributed by atoms with Crippen molar-refractivity contribution in [1.82, 2.24) is 14.3 Å². The summed E-state index contributed by atoms with van der Waals surface area (Å²) in [6.07, 6.45) is 2.57. The Morgan fingerprint density at radius 3 is 2.72 bits per heavy atom. The number of para-hydroxylation sites is 2. The van der Waals surface area contributed by atoms with Crippen LogP contribution in [0.5, 0.6) is 0 Å². The summed E-state index contributed by atoms with van der Waals surface area (Å²) in [5.74, 6) is 0.0160. The van der Waals surface area contributed by atoms with E-state index in [4.69, 9.17) is 0 Å². The van der Waals surface area contributed by atoms with Gasteiger partial charge in [-0.05, 0) is 65.5 Å². The minimum atomic E-state index is -3.65. The number of rotatable bonds is 7. The maximum atomic E-state index is 13.0. The summed E-state index contributed by atoms with van der Waals surface area (Å²) in [5, 5.41) is 2.84. The molecule has 1 heterocycles. The summed E-state index contributed by atoms with van der Waals surface area (Å²) < 4.78 is 30.1. The summed E-state index contributed by atoms with van der Waals surface area (Å²) in [6.45, 7) is 2.76. The molecule has 0 bridgehead atoms. The van der Waals surface area contributed by atoms with E-state index < -0.39 is 15.9 Å². The number of aryl methyl sites for hydroxylation is 1. The van der Waals surface area contributed by atoms with Gasteiger partial charge in [0.15, 0.2) is 0 Å². The molecule has 7 nitrogen and oxygen atoms in total. The Balaban J connectivity index is 1.66. The molecule has 0 radical (unpaired) electrons. The SMILES string of the molecule is CCCn1c(NC(=O)c2cc(S(=O)(=O)NC3CC3)ccc2Br)nc2ccccc21. The first kappa shape index (κ1) is 20.1. The highest BCUT2D eigenvalue weighted by atomic mass is 79.9. The number of fused-ring (bicyclic) bond motifs is 1. The Morgan fingerprint density at radius 2 is 2.00 bits per heavy atom. The molecule has 3 aromatic rings. The van der Waals surface area contributed by atoms with Gasteiger partial charge in [0.25, 0.3) is 5.91 Å². The lowest BCUT2D eigenvalue weighted by atomic mass is 10.2. The Labute approximate surface area is 177 Å². The maximum Gasteiger partial charge on any atom is 0.259 e. The van der Waals surface area contributed by atoms with Crippen molar-refractivity contribution in [2.24, 2.45) is 0 Å². The van der Waals surface area contributed by atoms with Crippen molar-refractivity contribution < 1.29 is 13.2 Å². The van der Waals surface area contributed by atoms with Crippen molar-refractivity contribution in [1.29, 1.82) is 0 Å². The van der Waals surface area contributed by atoms with E-state index in [0.29, 0.717) is 17.0 Å². The zero-order chi connectivity index (χ0) is 20.6. The molecule has 0 unspecified atom stereocenters. The first-order valence-electron chi connectivity index (χ1n) is 9.47. The third-order valence-electron chi connectivity index (χ3n) is 4.72. The Hall–Kier alpha value is -2.23. The van der Waals surface area contributed by atoms with Gasteiger partial charge in [0.2, 0.25) is 16.0 Å². The molecule has 0 spiro atoms. The first-order chi connectivity index (χ1) is 13.9. The second-order valence-corrected chi connectivity index (χ2v) is 9.64. The molecule has 29 heavy (non-hydrogen) atoms. The number of nitrogens with one attached hydrogen (secondary N) is 2. The number of aromatic nitrogens is 2. The topological polar surface area (TPSA) is 93.1 Å². The van der Waals surface area contributed by atoms with Gasteiger partial charge in [-0.25, -0.2) is 18.1 Å². The number of imidazole rings is 1. The van der Waals surface area contributed by atoms with Gasteiger partial charge in [-0.15, -0.1) is 0 Å². The lowest BCUT2D eigenvalue weighted by molar-refractivity contribution is 0.102. The highest BCUT2D eigenvalue weighted by Gasteiger charge is 2.28. The predicted molar refractivity (Wildman–Crippen MR) is 115 cm³/mol. The molecular weight excluding hydrogens is 456 g/mol. The van der Waals surface area contributed by atoms with Crippen LogP contribution in [0, 0.1) is 0 Å². The number of sulfonamides is 1. The van der Waals surface area contributed by atoms with Crippen molar-refractivity contribution in [3.8, 4) is 0 Å². The van der Waals surface area contributed by atoms with Gasteiger partial charge < -0.3 is 4.57 Å². The number of hydrogen-bond donors (Lipinski definition) is 2. The molecule has 1 saturated carbocycles. The van der Waals surface area contributed by atoms with Crippen LogP contribution in [0.15, 0.2) is 51.8 Å². The van der Waals surface area contributed by atoms with Gasteiger partial charge in [-0.3, -0.25) is 10.1 Å². The molecule has 1 aromatic heterocycles. The van der Waals surface area contributed by atoms with Crippen LogP contribution < -0.4 is 10.0 Å². The number of benzene rings is 2. The zero-order valence-electron chi connectivity index (χ0n) is 15.9. The number of amides is 1. The van der Waals surface area contributed by atoms with E-state index in [2.05, 4.69) is 37.9 Å². The Bertz CT molecular complexity index is 1190. The standard InChI is InChI=1S/C20H21BrN4O3S/c1-2-11-25-18-6-4-3-5-17(18)22-20(25)23-19(26)15-12-14(9-10-16(15)21)29(27,28)24-13-7-8-13/h3-6,9-10,12-13,24H,2,7-8,11H2,1H3,(H,22,23,26). The minimum Gasteiger partial charge on any atom is -0.310 e. The molecule has 0 atom stereocenters. The Morgan fingerprint density at radius 1 is 1.24 bits per heavy atom. The van der Waals surface area contributed by atoms with E-state index in [1.54, 1.807) is 6.07 Å². The van der Waals surface area contributed by atoms with Crippen molar-refractivity contribution in [2.75, 3.05) is 5.32 Å². The molecule has 152 valence electrons. The van der Waals surface area contributed by atoms with Crippen molar-refractivity contribution >= 4 is 48.8 Å². The van der Waals surface area contributed by atoms with E-state index in [9.17, 15) is 13.2 Å². The third-order valence-corrected chi connectivity index (χ3v) is 6.93. The van der Waals surface area contributed by atoms with Crippen LogP contribution in [0.2, 0.25) is 0 Å². The summed E-state index contributed by atoms with van der Waals surface area (Å²) in [5.41, 5.74) is 1.97. The zero-order valence-corrected chi connectivity index (χ0v) is 18.3. The summed E-state index contributed by atoms with van der Waals surface area (Å²) >= 11 is 3.36. The monoisotopic (exact) mass is 476 g/mol. The first-order valence-corrected chi connectivity index (χ1v) is 11.7. The highest BCUT2D eigenvalue weighted by Crippen LogP contribution is 2.26. The number of nitrogens with zero attached hydrogens (tertiary/aromatic N) is 2. The third kappa shape index (κ3) is 4.22. The fourth-order valence-electron chi connectivity index (χ4n) is 3.12. The number of carbonyl (C=O) groups excluding carboxylic acids is 1. The molecular formula is C20H21BrN4O3S. The average Bonchev–Trinajstić information content (AvgIpc) is 3.43. The maximum absolute atomic E-state index is 13.0.